The van der Waals surface area contributed by atoms with Gasteiger partial charge in [0.15, 0.2) is 0 Å². The minimum absolute atomic E-state index is 0.231. The first-order valence-corrected chi connectivity index (χ1v) is 6.19. The Morgan fingerprint density at radius 3 is 2.48 bits per heavy atom. The number of ether oxygens (including phenoxy) is 1. The number of aromatic amines is 1. The molecule has 23 heavy (non-hydrogen) atoms. The summed E-state index contributed by atoms with van der Waals surface area (Å²) in [5.74, 6) is -2.11. The molecule has 0 amide bonds. The van der Waals surface area contributed by atoms with Crippen LogP contribution >= 0.6 is 0 Å². The van der Waals surface area contributed by atoms with Crippen molar-refractivity contribution < 1.29 is 13.9 Å². The van der Waals surface area contributed by atoms with Gasteiger partial charge in [0.25, 0.3) is 5.56 Å². The molecule has 0 spiro atoms. The van der Waals surface area contributed by atoms with Crippen LogP contribution in [0.25, 0.3) is 11.1 Å². The van der Waals surface area contributed by atoms with E-state index in [1.165, 1.54) is 12.1 Å². The first-order valence-electron chi connectivity index (χ1n) is 6.19. The Morgan fingerprint density at radius 1 is 1.26 bits per heavy atom. The van der Waals surface area contributed by atoms with Crippen LogP contribution in [0.3, 0.4) is 0 Å². The van der Waals surface area contributed by atoms with E-state index in [0.717, 1.165) is 13.2 Å². The molecule has 2 aromatic rings. The summed E-state index contributed by atoms with van der Waals surface area (Å²) in [6.07, 6.45) is 0. The lowest BCUT2D eigenvalue weighted by Crippen LogP contribution is -2.18. The number of aromatic nitrogens is 1. The van der Waals surface area contributed by atoms with Crippen LogP contribution in [0.1, 0.15) is 21.5 Å². The lowest BCUT2D eigenvalue weighted by Gasteiger charge is -2.13. The number of hydrogen-bond acceptors (Lipinski definition) is 6. The van der Waals surface area contributed by atoms with Crippen molar-refractivity contribution in [2.45, 2.75) is 0 Å². The summed E-state index contributed by atoms with van der Waals surface area (Å²) in [6.45, 7) is 0. The zero-order chi connectivity index (χ0) is 17.1. The van der Waals surface area contributed by atoms with Gasteiger partial charge in [-0.05, 0) is 12.1 Å². The molecule has 1 aromatic heterocycles. The average Bonchev–Trinajstić information content (AvgIpc) is 2.53. The van der Waals surface area contributed by atoms with E-state index in [4.69, 9.17) is 5.73 Å². The van der Waals surface area contributed by atoms with E-state index in [2.05, 4.69) is 9.72 Å². The third-order valence-electron chi connectivity index (χ3n) is 3.14. The summed E-state index contributed by atoms with van der Waals surface area (Å²) in [4.78, 5) is 25.9. The number of anilines is 1. The highest BCUT2D eigenvalue weighted by molar-refractivity contribution is 5.99. The molecule has 8 heteroatoms. The minimum Gasteiger partial charge on any atom is -0.465 e. The smallest absolute Gasteiger partial charge is 0.338 e. The van der Waals surface area contributed by atoms with Crippen molar-refractivity contribution in [3.63, 3.8) is 0 Å². The summed E-state index contributed by atoms with van der Waals surface area (Å²) in [7, 11) is 1.10. The molecule has 0 aliphatic carbocycles. The Balaban J connectivity index is 3.06. The van der Waals surface area contributed by atoms with Gasteiger partial charge < -0.3 is 15.5 Å². The molecule has 7 nitrogen and oxygen atoms in total. The number of nitriles is 2. The van der Waals surface area contributed by atoms with Crippen LogP contribution in [0.15, 0.2) is 23.0 Å². The first kappa shape index (κ1) is 15.7. The highest BCUT2D eigenvalue weighted by Crippen LogP contribution is 2.33. The molecule has 1 heterocycles. The lowest BCUT2D eigenvalue weighted by atomic mass is 9.92. The molecule has 1 aromatic carbocycles. The first-order chi connectivity index (χ1) is 11.0. The Kier molecular flexibility index (Phi) is 4.10. The van der Waals surface area contributed by atoms with E-state index in [9.17, 15) is 24.5 Å². The number of methoxy groups -OCH3 is 1. The van der Waals surface area contributed by atoms with Gasteiger partial charge in [0.05, 0.1) is 12.7 Å². The van der Waals surface area contributed by atoms with E-state index in [1.807, 2.05) is 0 Å². The van der Waals surface area contributed by atoms with Crippen molar-refractivity contribution in [3.05, 3.63) is 51.1 Å². The number of carbonyl (C=O) groups excluding carboxylic acids is 1. The monoisotopic (exact) mass is 312 g/mol. The van der Waals surface area contributed by atoms with Crippen molar-refractivity contribution in [2.24, 2.45) is 0 Å². The van der Waals surface area contributed by atoms with Crippen molar-refractivity contribution in [1.82, 2.24) is 4.98 Å². The van der Waals surface area contributed by atoms with Crippen molar-refractivity contribution in [3.8, 4) is 23.3 Å². The van der Waals surface area contributed by atoms with Gasteiger partial charge in [0.1, 0.15) is 34.9 Å². The number of pyridine rings is 1. The Labute approximate surface area is 129 Å². The maximum absolute atomic E-state index is 14.3. The lowest BCUT2D eigenvalue weighted by molar-refractivity contribution is 0.0601. The van der Waals surface area contributed by atoms with Crippen LogP contribution in [-0.4, -0.2) is 18.1 Å². The molecule has 0 atom stereocenters. The second kappa shape index (κ2) is 6.00. The molecule has 2 rings (SSSR count). The van der Waals surface area contributed by atoms with Gasteiger partial charge in [-0.3, -0.25) is 4.79 Å². The topological polar surface area (TPSA) is 133 Å². The number of benzene rings is 1. The Hall–Kier alpha value is -3.65. The molecule has 0 unspecified atom stereocenters. The zero-order valence-corrected chi connectivity index (χ0v) is 11.8. The molecule has 3 N–H and O–H groups in total. The van der Waals surface area contributed by atoms with E-state index in [0.29, 0.717) is 0 Å². The number of nitrogens with one attached hydrogen (secondary N) is 1. The highest BCUT2D eigenvalue weighted by atomic mass is 19.1. The van der Waals surface area contributed by atoms with Gasteiger partial charge in [-0.15, -0.1) is 0 Å². The number of hydrogen-bond donors (Lipinski definition) is 2. The quantitative estimate of drug-likeness (QED) is 0.803. The fraction of sp³-hybridized carbons (Fsp3) is 0.0667. The van der Waals surface area contributed by atoms with E-state index < -0.39 is 22.9 Å². The predicted molar refractivity (Wildman–Crippen MR) is 77.6 cm³/mol. The van der Waals surface area contributed by atoms with Gasteiger partial charge >= 0.3 is 5.97 Å². The number of nitrogens with two attached hydrogens (primary N) is 1. The summed E-state index contributed by atoms with van der Waals surface area (Å²) in [6, 6.07) is 6.86. The highest BCUT2D eigenvalue weighted by Gasteiger charge is 2.25. The van der Waals surface area contributed by atoms with Crippen LogP contribution in [0.5, 0.6) is 0 Å². The summed E-state index contributed by atoms with van der Waals surface area (Å²) in [5, 5.41) is 18.4. The fourth-order valence-corrected chi connectivity index (χ4v) is 2.15. The van der Waals surface area contributed by atoms with Crippen molar-refractivity contribution in [1.29, 1.82) is 10.5 Å². The number of rotatable bonds is 2. The summed E-state index contributed by atoms with van der Waals surface area (Å²) < 4.78 is 18.9. The maximum Gasteiger partial charge on any atom is 0.338 e. The minimum atomic E-state index is -0.897. The van der Waals surface area contributed by atoms with E-state index >= 15 is 0 Å². The zero-order valence-electron chi connectivity index (χ0n) is 11.8. The molecule has 0 radical (unpaired) electrons. The maximum atomic E-state index is 14.3. The van der Waals surface area contributed by atoms with Gasteiger partial charge in [-0.25, -0.2) is 9.18 Å². The van der Waals surface area contributed by atoms with E-state index in [1.54, 1.807) is 12.1 Å². The number of halogens is 1. The van der Waals surface area contributed by atoms with Gasteiger partial charge in [-0.1, -0.05) is 6.07 Å². The molecule has 0 saturated heterocycles. The van der Waals surface area contributed by atoms with Crippen LogP contribution in [-0.2, 0) is 4.74 Å². The van der Waals surface area contributed by atoms with Crippen LogP contribution in [0, 0.1) is 28.5 Å². The van der Waals surface area contributed by atoms with Crippen molar-refractivity contribution >= 4 is 11.8 Å². The number of esters is 1. The number of carbonyl (C=O) groups is 1. The average molecular weight is 312 g/mol. The standard InChI is InChI=1S/C15H9FN4O3/c1-23-15(22)7-3-2-4-10(16)12(7)11-8(5-17)13(19)20-14(21)9(11)6-18/h2-4H,1H3,(H3,19,20,21). The summed E-state index contributed by atoms with van der Waals surface area (Å²) in [5.41, 5.74) is 2.90. The van der Waals surface area contributed by atoms with Crippen LogP contribution in [0.4, 0.5) is 10.2 Å². The SMILES string of the molecule is COC(=O)c1cccc(F)c1-c1c(C#N)c(N)[nH]c(=O)c1C#N. The summed E-state index contributed by atoms with van der Waals surface area (Å²) >= 11 is 0. The Morgan fingerprint density at radius 2 is 1.91 bits per heavy atom. The van der Waals surface area contributed by atoms with Crippen molar-refractivity contribution in [2.75, 3.05) is 12.8 Å². The molecule has 114 valence electrons. The normalized spacial score (nSPS) is 9.74. The van der Waals surface area contributed by atoms with Crippen LogP contribution in [0.2, 0.25) is 0 Å². The van der Waals surface area contributed by atoms with E-state index in [-0.39, 0.29) is 28.1 Å². The number of nitrogen functional groups attached to an aromatic ring is 1. The molecule has 0 bridgehead atoms. The molecule has 0 saturated carbocycles. The molecule has 0 aliphatic heterocycles. The number of H-pyrrole nitrogens is 1. The number of nitrogens with zero attached hydrogens (tertiary/aromatic N) is 2. The predicted octanol–water partition coefficient (Wildman–Crippen LogP) is 1.29. The Bertz CT molecular complexity index is 951. The molecular weight excluding hydrogens is 303 g/mol. The second-order valence-corrected chi connectivity index (χ2v) is 4.37. The van der Waals surface area contributed by atoms with Gasteiger partial charge in [-0.2, -0.15) is 10.5 Å². The largest absolute Gasteiger partial charge is 0.465 e. The molecular formula is C15H9FN4O3. The van der Waals surface area contributed by atoms with Crippen LogP contribution < -0.4 is 11.3 Å². The molecule has 0 aliphatic rings. The third-order valence-corrected chi connectivity index (χ3v) is 3.14. The fourth-order valence-electron chi connectivity index (χ4n) is 2.15. The molecule has 0 fully saturated rings. The second-order valence-electron chi connectivity index (χ2n) is 4.37. The third kappa shape index (κ3) is 2.49. The van der Waals surface area contributed by atoms with Gasteiger partial charge in [0, 0.05) is 11.1 Å². The van der Waals surface area contributed by atoms with Gasteiger partial charge in [0.2, 0.25) is 0 Å².